The lowest BCUT2D eigenvalue weighted by atomic mass is 9.97. The number of hydrogen-bond acceptors (Lipinski definition) is 7. The first-order valence-electron chi connectivity index (χ1n) is 11.9. The van der Waals surface area contributed by atoms with Crippen LogP contribution in [0.15, 0.2) is 34.2 Å². The highest BCUT2D eigenvalue weighted by atomic mass is 32.2. The van der Waals surface area contributed by atoms with Gasteiger partial charge in [-0.25, -0.2) is 4.98 Å². The van der Waals surface area contributed by atoms with Gasteiger partial charge >= 0.3 is 0 Å². The van der Waals surface area contributed by atoms with E-state index in [4.69, 9.17) is 9.72 Å². The van der Waals surface area contributed by atoms with Crippen molar-refractivity contribution >= 4 is 39.2 Å². The zero-order valence-corrected chi connectivity index (χ0v) is 21.1. The molecule has 0 saturated carbocycles. The summed E-state index contributed by atoms with van der Waals surface area (Å²) in [5.41, 5.74) is 3.56. The fourth-order valence-corrected chi connectivity index (χ4v) is 6.76. The van der Waals surface area contributed by atoms with Crippen LogP contribution in [0.25, 0.3) is 10.2 Å². The normalized spacial score (nSPS) is 16.5. The van der Waals surface area contributed by atoms with Crippen LogP contribution in [0.4, 0.5) is 0 Å². The summed E-state index contributed by atoms with van der Waals surface area (Å²) in [6.07, 6.45) is 4.32. The van der Waals surface area contributed by atoms with E-state index in [2.05, 4.69) is 22.3 Å². The second-order valence-electron chi connectivity index (χ2n) is 8.87. The Hall–Kier alpha value is -2.20. The van der Waals surface area contributed by atoms with Gasteiger partial charge < -0.3 is 10.1 Å². The summed E-state index contributed by atoms with van der Waals surface area (Å²) in [5.74, 6) is 0.161. The molecular weight excluding hydrogens is 468 g/mol. The molecule has 34 heavy (non-hydrogen) atoms. The largest absolute Gasteiger partial charge is 0.379 e. The molecule has 0 unspecified atom stereocenters. The SMILES string of the molecule is Cn1c(SCC(=O)NCc2ccccc2CN2CCOCC2)nc2sc3c(c2c1=O)CCCC3. The van der Waals surface area contributed by atoms with E-state index >= 15 is 0 Å². The molecule has 9 heteroatoms. The number of carbonyl (C=O) groups excluding carboxylic acids is 1. The molecule has 1 N–H and O–H groups in total. The number of nitrogens with one attached hydrogen (secondary N) is 1. The molecule has 1 amide bonds. The summed E-state index contributed by atoms with van der Waals surface area (Å²) in [6.45, 7) is 4.75. The van der Waals surface area contributed by atoms with E-state index < -0.39 is 0 Å². The Bertz CT molecular complexity index is 1250. The summed E-state index contributed by atoms with van der Waals surface area (Å²) in [5, 5.41) is 4.42. The first kappa shape index (κ1) is 23.5. The molecule has 1 saturated heterocycles. The number of aromatic nitrogens is 2. The van der Waals surface area contributed by atoms with Crippen molar-refractivity contribution in [3.05, 3.63) is 56.2 Å². The van der Waals surface area contributed by atoms with E-state index in [-0.39, 0.29) is 17.2 Å². The zero-order valence-electron chi connectivity index (χ0n) is 19.5. The number of aryl methyl sites for hydroxylation is 2. The van der Waals surface area contributed by atoms with Crippen molar-refractivity contribution in [2.45, 2.75) is 43.9 Å². The molecule has 1 aliphatic carbocycles. The van der Waals surface area contributed by atoms with Crippen molar-refractivity contribution in [2.24, 2.45) is 7.05 Å². The summed E-state index contributed by atoms with van der Waals surface area (Å²) in [7, 11) is 1.75. The minimum Gasteiger partial charge on any atom is -0.379 e. The third-order valence-corrected chi connectivity index (χ3v) is 8.80. The smallest absolute Gasteiger partial charge is 0.262 e. The number of nitrogens with zero attached hydrogens (tertiary/aromatic N) is 3. The molecular formula is C25H30N4O3S2. The molecule has 1 aliphatic heterocycles. The summed E-state index contributed by atoms with van der Waals surface area (Å²) in [6, 6.07) is 8.25. The average molecular weight is 499 g/mol. The first-order chi connectivity index (χ1) is 16.6. The second kappa shape index (κ2) is 10.6. The summed E-state index contributed by atoms with van der Waals surface area (Å²) >= 11 is 2.97. The predicted octanol–water partition coefficient (Wildman–Crippen LogP) is 3.11. The molecule has 2 aliphatic rings. The van der Waals surface area contributed by atoms with Crippen LogP contribution < -0.4 is 10.9 Å². The van der Waals surface area contributed by atoms with Crippen molar-refractivity contribution in [1.29, 1.82) is 0 Å². The van der Waals surface area contributed by atoms with Crippen LogP contribution in [0, 0.1) is 0 Å². The molecule has 3 aromatic rings. The van der Waals surface area contributed by atoms with E-state index in [1.165, 1.54) is 34.2 Å². The van der Waals surface area contributed by atoms with E-state index in [0.717, 1.165) is 67.9 Å². The topological polar surface area (TPSA) is 76.5 Å². The van der Waals surface area contributed by atoms with Gasteiger partial charge in [0.1, 0.15) is 4.83 Å². The summed E-state index contributed by atoms with van der Waals surface area (Å²) < 4.78 is 7.04. The number of morpholine rings is 1. The highest BCUT2D eigenvalue weighted by Crippen LogP contribution is 2.34. The maximum atomic E-state index is 13.0. The Morgan fingerprint density at radius 1 is 1.18 bits per heavy atom. The third-order valence-electron chi connectivity index (χ3n) is 6.58. The van der Waals surface area contributed by atoms with Crippen molar-refractivity contribution < 1.29 is 9.53 Å². The van der Waals surface area contributed by atoms with Gasteiger partial charge in [0.2, 0.25) is 5.91 Å². The lowest BCUT2D eigenvalue weighted by molar-refractivity contribution is -0.118. The number of carbonyl (C=O) groups is 1. The Morgan fingerprint density at radius 3 is 2.76 bits per heavy atom. The van der Waals surface area contributed by atoms with E-state index in [1.807, 2.05) is 12.1 Å². The highest BCUT2D eigenvalue weighted by Gasteiger charge is 2.21. The number of ether oxygens (including phenoxy) is 1. The maximum absolute atomic E-state index is 13.0. The molecule has 0 spiro atoms. The van der Waals surface area contributed by atoms with Gasteiger partial charge in [0, 0.05) is 38.1 Å². The van der Waals surface area contributed by atoms with Crippen LogP contribution in [-0.2, 0) is 42.5 Å². The number of thioether (sulfide) groups is 1. The Balaban J connectivity index is 1.22. The van der Waals surface area contributed by atoms with Gasteiger partial charge in [0.15, 0.2) is 5.16 Å². The summed E-state index contributed by atoms with van der Waals surface area (Å²) in [4.78, 5) is 34.9. The Kier molecular flexibility index (Phi) is 7.34. The number of rotatable bonds is 7. The molecule has 1 fully saturated rings. The Labute approximate surface area is 207 Å². The minimum atomic E-state index is -0.0639. The molecule has 0 atom stereocenters. The Morgan fingerprint density at radius 2 is 1.94 bits per heavy atom. The van der Waals surface area contributed by atoms with Gasteiger partial charge in [-0.2, -0.15) is 0 Å². The van der Waals surface area contributed by atoms with Crippen molar-refractivity contribution in [2.75, 3.05) is 32.1 Å². The molecule has 180 valence electrons. The van der Waals surface area contributed by atoms with Crippen LogP contribution in [0.5, 0.6) is 0 Å². The standard InChI is InChI=1S/C25H30N4O3S2/c1-28-24(31)22-19-8-4-5-9-20(19)34-23(22)27-25(28)33-16-21(30)26-14-17-6-2-3-7-18(17)15-29-10-12-32-13-11-29/h2-3,6-7H,4-5,8-16H2,1H3,(H,26,30). The van der Waals surface area contributed by atoms with Crippen LogP contribution in [0.3, 0.4) is 0 Å². The van der Waals surface area contributed by atoms with Gasteiger partial charge in [-0.05, 0) is 42.4 Å². The lowest BCUT2D eigenvalue weighted by Gasteiger charge is -2.27. The lowest BCUT2D eigenvalue weighted by Crippen LogP contribution is -2.36. The van der Waals surface area contributed by atoms with Crippen molar-refractivity contribution in [1.82, 2.24) is 19.8 Å². The van der Waals surface area contributed by atoms with Gasteiger partial charge in [0.25, 0.3) is 5.56 Å². The third kappa shape index (κ3) is 5.07. The number of hydrogen-bond donors (Lipinski definition) is 1. The monoisotopic (exact) mass is 498 g/mol. The van der Waals surface area contributed by atoms with E-state index in [9.17, 15) is 9.59 Å². The van der Waals surface area contributed by atoms with Crippen LogP contribution in [0.2, 0.25) is 0 Å². The molecule has 5 rings (SSSR count). The maximum Gasteiger partial charge on any atom is 0.262 e. The predicted molar refractivity (Wildman–Crippen MR) is 137 cm³/mol. The number of benzene rings is 1. The fraction of sp³-hybridized carbons (Fsp3) is 0.480. The minimum absolute atomic E-state index is 0.00403. The quantitative estimate of drug-likeness (QED) is 0.399. The van der Waals surface area contributed by atoms with Gasteiger partial charge in [0.05, 0.1) is 24.4 Å². The second-order valence-corrected chi connectivity index (χ2v) is 10.9. The van der Waals surface area contributed by atoms with E-state index in [0.29, 0.717) is 11.7 Å². The van der Waals surface area contributed by atoms with Crippen LogP contribution in [-0.4, -0.2) is 52.4 Å². The van der Waals surface area contributed by atoms with Crippen molar-refractivity contribution in [3.63, 3.8) is 0 Å². The molecule has 1 aromatic carbocycles. The zero-order chi connectivity index (χ0) is 23.5. The van der Waals surface area contributed by atoms with Gasteiger partial charge in [-0.3, -0.25) is 19.1 Å². The molecule has 0 bridgehead atoms. The van der Waals surface area contributed by atoms with Crippen LogP contribution >= 0.6 is 23.1 Å². The highest BCUT2D eigenvalue weighted by molar-refractivity contribution is 7.99. The molecule has 2 aromatic heterocycles. The van der Waals surface area contributed by atoms with Crippen molar-refractivity contribution in [3.8, 4) is 0 Å². The number of fused-ring (bicyclic) bond motifs is 3. The average Bonchev–Trinajstić information content (AvgIpc) is 3.24. The molecule has 0 radical (unpaired) electrons. The van der Waals surface area contributed by atoms with Crippen LogP contribution in [0.1, 0.15) is 34.4 Å². The van der Waals surface area contributed by atoms with Gasteiger partial charge in [-0.1, -0.05) is 36.0 Å². The fourth-order valence-electron chi connectivity index (χ4n) is 4.66. The van der Waals surface area contributed by atoms with E-state index in [1.54, 1.807) is 23.0 Å². The van der Waals surface area contributed by atoms with Gasteiger partial charge in [-0.15, -0.1) is 11.3 Å². The molecule has 3 heterocycles. The first-order valence-corrected chi connectivity index (χ1v) is 13.7. The number of amides is 1. The molecule has 7 nitrogen and oxygen atoms in total. The number of thiophene rings is 1.